The Morgan fingerprint density at radius 1 is 1.05 bits per heavy atom. The van der Waals surface area contributed by atoms with Crippen LogP contribution in [-0.2, 0) is 11.3 Å². The summed E-state index contributed by atoms with van der Waals surface area (Å²) in [6, 6.07) is 18.0. The standard InChI is InChI=1S/C17H20N2O/c1-14-6-5-9-16(12-14)19-17(20)10-11-18-13-15-7-3-2-4-8-15/h2-9,12,18H,10-11,13H2,1H3,(H,19,20). The average molecular weight is 268 g/mol. The molecular formula is C17H20N2O. The zero-order valence-corrected chi connectivity index (χ0v) is 11.7. The number of hydrogen-bond donors (Lipinski definition) is 2. The summed E-state index contributed by atoms with van der Waals surface area (Å²) in [5.74, 6) is 0.0381. The molecule has 0 radical (unpaired) electrons. The molecule has 0 heterocycles. The predicted octanol–water partition coefficient (Wildman–Crippen LogP) is 3.11. The number of benzene rings is 2. The van der Waals surface area contributed by atoms with E-state index in [2.05, 4.69) is 22.8 Å². The molecule has 0 bridgehead atoms. The number of anilines is 1. The predicted molar refractivity (Wildman–Crippen MR) is 82.6 cm³/mol. The molecule has 0 unspecified atom stereocenters. The second-order valence-corrected chi connectivity index (χ2v) is 4.83. The first-order valence-electron chi connectivity index (χ1n) is 6.85. The van der Waals surface area contributed by atoms with E-state index < -0.39 is 0 Å². The van der Waals surface area contributed by atoms with Crippen LogP contribution < -0.4 is 10.6 Å². The van der Waals surface area contributed by atoms with Crippen molar-refractivity contribution in [2.75, 3.05) is 11.9 Å². The van der Waals surface area contributed by atoms with Gasteiger partial charge in [0, 0.05) is 25.2 Å². The first-order valence-corrected chi connectivity index (χ1v) is 6.85. The van der Waals surface area contributed by atoms with E-state index in [0.717, 1.165) is 17.8 Å². The van der Waals surface area contributed by atoms with Crippen LogP contribution in [0.1, 0.15) is 17.5 Å². The molecule has 2 aromatic carbocycles. The lowest BCUT2D eigenvalue weighted by atomic mass is 10.2. The Kier molecular flexibility index (Phi) is 5.33. The lowest BCUT2D eigenvalue weighted by Crippen LogP contribution is -2.21. The number of carbonyl (C=O) groups is 1. The van der Waals surface area contributed by atoms with Gasteiger partial charge in [-0.15, -0.1) is 0 Å². The van der Waals surface area contributed by atoms with Gasteiger partial charge in [-0.05, 0) is 30.2 Å². The molecule has 0 spiro atoms. The van der Waals surface area contributed by atoms with Crippen molar-refractivity contribution < 1.29 is 4.79 Å². The van der Waals surface area contributed by atoms with Crippen LogP contribution in [-0.4, -0.2) is 12.5 Å². The van der Waals surface area contributed by atoms with Crippen molar-refractivity contribution in [3.05, 3.63) is 65.7 Å². The van der Waals surface area contributed by atoms with Gasteiger partial charge in [-0.2, -0.15) is 0 Å². The van der Waals surface area contributed by atoms with Gasteiger partial charge in [0.15, 0.2) is 0 Å². The number of carbonyl (C=O) groups excluding carboxylic acids is 1. The van der Waals surface area contributed by atoms with Gasteiger partial charge in [0.05, 0.1) is 0 Å². The highest BCUT2D eigenvalue weighted by molar-refractivity contribution is 5.90. The van der Waals surface area contributed by atoms with Crippen LogP contribution in [0.15, 0.2) is 54.6 Å². The van der Waals surface area contributed by atoms with E-state index in [1.165, 1.54) is 5.56 Å². The normalized spacial score (nSPS) is 10.2. The van der Waals surface area contributed by atoms with E-state index in [-0.39, 0.29) is 5.91 Å². The molecule has 0 saturated carbocycles. The zero-order chi connectivity index (χ0) is 14.2. The number of aryl methyl sites for hydroxylation is 1. The van der Waals surface area contributed by atoms with Crippen LogP contribution in [0.25, 0.3) is 0 Å². The molecule has 0 fully saturated rings. The van der Waals surface area contributed by atoms with Crippen LogP contribution in [0.3, 0.4) is 0 Å². The maximum atomic E-state index is 11.8. The molecule has 0 aliphatic carbocycles. The second kappa shape index (κ2) is 7.46. The molecule has 0 aliphatic rings. The molecule has 2 rings (SSSR count). The highest BCUT2D eigenvalue weighted by Gasteiger charge is 2.02. The molecule has 1 amide bonds. The molecule has 104 valence electrons. The van der Waals surface area contributed by atoms with Crippen molar-refractivity contribution in [3.63, 3.8) is 0 Å². The molecule has 20 heavy (non-hydrogen) atoms. The Morgan fingerprint density at radius 2 is 1.85 bits per heavy atom. The summed E-state index contributed by atoms with van der Waals surface area (Å²) < 4.78 is 0. The maximum absolute atomic E-state index is 11.8. The van der Waals surface area contributed by atoms with Crippen molar-refractivity contribution >= 4 is 11.6 Å². The molecule has 3 heteroatoms. The lowest BCUT2D eigenvalue weighted by molar-refractivity contribution is -0.116. The summed E-state index contributed by atoms with van der Waals surface area (Å²) in [5, 5.41) is 6.17. The van der Waals surface area contributed by atoms with Gasteiger partial charge in [-0.25, -0.2) is 0 Å². The van der Waals surface area contributed by atoms with Crippen LogP contribution in [0.2, 0.25) is 0 Å². The average Bonchev–Trinajstić information content (AvgIpc) is 2.45. The summed E-state index contributed by atoms with van der Waals surface area (Å²) in [5.41, 5.74) is 3.23. The summed E-state index contributed by atoms with van der Waals surface area (Å²) in [4.78, 5) is 11.8. The van der Waals surface area contributed by atoms with Crippen molar-refractivity contribution in [3.8, 4) is 0 Å². The quantitative estimate of drug-likeness (QED) is 0.790. The maximum Gasteiger partial charge on any atom is 0.225 e. The topological polar surface area (TPSA) is 41.1 Å². The van der Waals surface area contributed by atoms with Gasteiger partial charge in [-0.1, -0.05) is 42.5 Å². The zero-order valence-electron chi connectivity index (χ0n) is 11.7. The van der Waals surface area contributed by atoms with E-state index >= 15 is 0 Å². The minimum absolute atomic E-state index is 0.0381. The molecule has 2 aromatic rings. The summed E-state index contributed by atoms with van der Waals surface area (Å²) in [7, 11) is 0. The Labute approximate surface area is 120 Å². The van der Waals surface area contributed by atoms with Crippen LogP contribution >= 0.6 is 0 Å². The first kappa shape index (κ1) is 14.3. The fraction of sp³-hybridized carbons (Fsp3) is 0.235. The molecule has 2 N–H and O–H groups in total. The third kappa shape index (κ3) is 4.86. The minimum atomic E-state index is 0.0381. The second-order valence-electron chi connectivity index (χ2n) is 4.83. The fourth-order valence-electron chi connectivity index (χ4n) is 1.98. The summed E-state index contributed by atoms with van der Waals surface area (Å²) >= 11 is 0. The third-order valence-corrected chi connectivity index (χ3v) is 3.00. The Morgan fingerprint density at radius 3 is 2.60 bits per heavy atom. The van der Waals surface area contributed by atoms with E-state index in [9.17, 15) is 4.79 Å². The number of rotatable bonds is 6. The molecule has 0 saturated heterocycles. The summed E-state index contributed by atoms with van der Waals surface area (Å²) in [6.45, 7) is 3.47. The van der Waals surface area contributed by atoms with Gasteiger partial charge in [-0.3, -0.25) is 4.79 Å². The molecule has 0 aromatic heterocycles. The Balaban J connectivity index is 1.68. The summed E-state index contributed by atoms with van der Waals surface area (Å²) in [6.07, 6.45) is 0.473. The smallest absolute Gasteiger partial charge is 0.225 e. The van der Waals surface area contributed by atoms with E-state index in [1.807, 2.05) is 49.4 Å². The van der Waals surface area contributed by atoms with E-state index in [1.54, 1.807) is 0 Å². The van der Waals surface area contributed by atoms with Gasteiger partial charge >= 0.3 is 0 Å². The van der Waals surface area contributed by atoms with Crippen molar-refractivity contribution in [1.29, 1.82) is 0 Å². The fourth-order valence-corrected chi connectivity index (χ4v) is 1.98. The van der Waals surface area contributed by atoms with Gasteiger partial charge < -0.3 is 10.6 Å². The van der Waals surface area contributed by atoms with Crippen molar-refractivity contribution in [2.24, 2.45) is 0 Å². The van der Waals surface area contributed by atoms with Crippen LogP contribution in [0.4, 0.5) is 5.69 Å². The highest BCUT2D eigenvalue weighted by Crippen LogP contribution is 2.09. The van der Waals surface area contributed by atoms with E-state index in [0.29, 0.717) is 13.0 Å². The highest BCUT2D eigenvalue weighted by atomic mass is 16.1. The van der Waals surface area contributed by atoms with Gasteiger partial charge in [0.25, 0.3) is 0 Å². The Hall–Kier alpha value is -2.13. The van der Waals surface area contributed by atoms with Gasteiger partial charge in [0.1, 0.15) is 0 Å². The van der Waals surface area contributed by atoms with Gasteiger partial charge in [0.2, 0.25) is 5.91 Å². The third-order valence-electron chi connectivity index (χ3n) is 3.00. The molecular weight excluding hydrogens is 248 g/mol. The number of hydrogen-bond acceptors (Lipinski definition) is 2. The van der Waals surface area contributed by atoms with Crippen LogP contribution in [0, 0.1) is 6.92 Å². The SMILES string of the molecule is Cc1cccc(NC(=O)CCNCc2ccccc2)c1. The minimum Gasteiger partial charge on any atom is -0.326 e. The molecule has 3 nitrogen and oxygen atoms in total. The molecule has 0 atom stereocenters. The molecule has 0 aliphatic heterocycles. The lowest BCUT2D eigenvalue weighted by Gasteiger charge is -2.07. The van der Waals surface area contributed by atoms with E-state index in [4.69, 9.17) is 0 Å². The largest absolute Gasteiger partial charge is 0.326 e. The first-order chi connectivity index (χ1) is 9.74. The van der Waals surface area contributed by atoms with Crippen molar-refractivity contribution in [1.82, 2.24) is 5.32 Å². The number of nitrogens with one attached hydrogen (secondary N) is 2. The number of amides is 1. The van der Waals surface area contributed by atoms with Crippen LogP contribution in [0.5, 0.6) is 0 Å². The monoisotopic (exact) mass is 268 g/mol. The van der Waals surface area contributed by atoms with Crippen molar-refractivity contribution in [2.45, 2.75) is 19.9 Å². The Bertz CT molecular complexity index is 552.